The van der Waals surface area contributed by atoms with Gasteiger partial charge in [-0.25, -0.2) is 4.52 Å². The topological polar surface area (TPSA) is 66.6 Å². The van der Waals surface area contributed by atoms with E-state index in [0.29, 0.717) is 12.0 Å². The second kappa shape index (κ2) is 6.62. The summed E-state index contributed by atoms with van der Waals surface area (Å²) in [6.07, 6.45) is 3.88. The number of nitrogens with zero attached hydrogens (tertiary/aromatic N) is 2. The van der Waals surface area contributed by atoms with E-state index in [1.165, 1.54) is 0 Å². The molecular weight excluding hydrogens is 290 g/mol. The second-order valence-corrected chi connectivity index (χ2v) is 5.54. The number of aryl methyl sites for hydroxylation is 1. The number of carbonyl (C=O) groups is 1. The van der Waals surface area contributed by atoms with E-state index in [2.05, 4.69) is 10.4 Å². The lowest BCUT2D eigenvalue weighted by Gasteiger charge is -2.18. The molecule has 118 valence electrons. The maximum absolute atomic E-state index is 12.6. The Hall–Kier alpha value is -2.66. The fourth-order valence-electron chi connectivity index (χ4n) is 2.63. The SMILES string of the molecule is Cc1ccn2ncc(C(=O)NC(CCO)c3ccccc3)c2c1. The van der Waals surface area contributed by atoms with E-state index >= 15 is 0 Å². The molecule has 2 N–H and O–H groups in total. The third-order valence-corrected chi connectivity index (χ3v) is 3.85. The zero-order valence-corrected chi connectivity index (χ0v) is 12.9. The van der Waals surface area contributed by atoms with Gasteiger partial charge in [0.2, 0.25) is 0 Å². The van der Waals surface area contributed by atoms with E-state index < -0.39 is 0 Å². The van der Waals surface area contributed by atoms with Crippen molar-refractivity contribution in [3.8, 4) is 0 Å². The minimum Gasteiger partial charge on any atom is -0.396 e. The Balaban J connectivity index is 1.87. The number of carbonyl (C=O) groups excluding carboxylic acids is 1. The van der Waals surface area contributed by atoms with Gasteiger partial charge < -0.3 is 10.4 Å². The molecule has 5 nitrogen and oxygen atoms in total. The van der Waals surface area contributed by atoms with E-state index in [9.17, 15) is 9.90 Å². The lowest BCUT2D eigenvalue weighted by molar-refractivity contribution is 0.0931. The summed E-state index contributed by atoms with van der Waals surface area (Å²) in [6.45, 7) is 1.99. The number of nitrogens with one attached hydrogen (secondary N) is 1. The van der Waals surface area contributed by atoms with E-state index in [4.69, 9.17) is 0 Å². The number of benzene rings is 1. The van der Waals surface area contributed by atoms with Crippen LogP contribution in [-0.4, -0.2) is 27.2 Å². The number of pyridine rings is 1. The molecule has 23 heavy (non-hydrogen) atoms. The zero-order valence-electron chi connectivity index (χ0n) is 12.9. The van der Waals surface area contributed by atoms with Gasteiger partial charge in [0, 0.05) is 12.8 Å². The molecule has 3 rings (SSSR count). The van der Waals surface area contributed by atoms with Crippen molar-refractivity contribution in [2.24, 2.45) is 0 Å². The molecular formula is C18H19N3O2. The highest BCUT2D eigenvalue weighted by molar-refractivity contribution is 6.00. The Morgan fingerprint density at radius 3 is 2.83 bits per heavy atom. The largest absolute Gasteiger partial charge is 0.396 e. The number of hydrogen-bond donors (Lipinski definition) is 2. The molecule has 1 atom stereocenters. The summed E-state index contributed by atoms with van der Waals surface area (Å²) in [5.74, 6) is -0.187. The van der Waals surface area contributed by atoms with E-state index in [1.807, 2.05) is 55.6 Å². The lowest BCUT2D eigenvalue weighted by atomic mass is 10.0. The quantitative estimate of drug-likeness (QED) is 0.761. The number of aliphatic hydroxyl groups is 1. The van der Waals surface area contributed by atoms with Crippen LogP contribution in [0.25, 0.3) is 5.52 Å². The number of amides is 1. The molecule has 0 aliphatic heterocycles. The Bertz CT molecular complexity index is 812. The van der Waals surface area contributed by atoms with Gasteiger partial charge in [-0.2, -0.15) is 5.10 Å². The minimum absolute atomic E-state index is 0.00765. The molecule has 0 spiro atoms. The third kappa shape index (κ3) is 3.24. The maximum Gasteiger partial charge on any atom is 0.255 e. The summed E-state index contributed by atoms with van der Waals surface area (Å²) >= 11 is 0. The van der Waals surface area contributed by atoms with E-state index in [0.717, 1.165) is 16.6 Å². The third-order valence-electron chi connectivity index (χ3n) is 3.85. The van der Waals surface area contributed by atoms with Crippen LogP contribution in [-0.2, 0) is 0 Å². The molecule has 1 amide bonds. The summed E-state index contributed by atoms with van der Waals surface area (Å²) < 4.78 is 1.69. The van der Waals surface area contributed by atoms with Crippen molar-refractivity contribution >= 4 is 11.4 Å². The maximum atomic E-state index is 12.6. The smallest absolute Gasteiger partial charge is 0.255 e. The van der Waals surface area contributed by atoms with Gasteiger partial charge in [-0.3, -0.25) is 4.79 Å². The molecule has 3 aromatic rings. The van der Waals surface area contributed by atoms with Crippen molar-refractivity contribution in [3.05, 3.63) is 71.5 Å². The van der Waals surface area contributed by atoms with Crippen LogP contribution in [0.3, 0.4) is 0 Å². The molecule has 0 radical (unpaired) electrons. The first kappa shape index (κ1) is 15.2. The molecule has 0 aliphatic rings. The van der Waals surface area contributed by atoms with Crippen LogP contribution < -0.4 is 5.32 Å². The fraction of sp³-hybridized carbons (Fsp3) is 0.222. The summed E-state index contributed by atoms with van der Waals surface area (Å²) in [4.78, 5) is 12.6. The van der Waals surface area contributed by atoms with Crippen LogP contribution in [0.2, 0.25) is 0 Å². The van der Waals surface area contributed by atoms with Gasteiger partial charge in [0.1, 0.15) is 0 Å². The van der Waals surface area contributed by atoms with Crippen molar-refractivity contribution in [2.45, 2.75) is 19.4 Å². The van der Waals surface area contributed by atoms with Crippen LogP contribution in [0.1, 0.15) is 33.9 Å². The van der Waals surface area contributed by atoms with Crippen LogP contribution in [0.15, 0.2) is 54.9 Å². The normalized spacial score (nSPS) is 12.3. The molecule has 0 fully saturated rings. The van der Waals surface area contributed by atoms with Crippen molar-refractivity contribution in [1.82, 2.24) is 14.9 Å². The number of aromatic nitrogens is 2. The molecule has 0 aliphatic carbocycles. The highest BCUT2D eigenvalue weighted by Crippen LogP contribution is 2.18. The first-order valence-corrected chi connectivity index (χ1v) is 7.59. The molecule has 5 heteroatoms. The predicted molar refractivity (Wildman–Crippen MR) is 88.3 cm³/mol. The molecule has 0 saturated carbocycles. The zero-order chi connectivity index (χ0) is 16.2. The summed E-state index contributed by atoms with van der Waals surface area (Å²) in [6, 6.07) is 13.3. The average Bonchev–Trinajstić information content (AvgIpc) is 2.98. The number of aliphatic hydroxyl groups excluding tert-OH is 1. The number of hydrogen-bond acceptors (Lipinski definition) is 3. The molecule has 2 heterocycles. The van der Waals surface area contributed by atoms with Gasteiger partial charge in [-0.05, 0) is 36.6 Å². The Kier molecular flexibility index (Phi) is 4.39. The van der Waals surface area contributed by atoms with Crippen molar-refractivity contribution < 1.29 is 9.90 Å². The number of fused-ring (bicyclic) bond motifs is 1. The lowest BCUT2D eigenvalue weighted by Crippen LogP contribution is -2.29. The molecule has 2 aromatic heterocycles. The van der Waals surface area contributed by atoms with Crippen molar-refractivity contribution in [2.75, 3.05) is 6.61 Å². The van der Waals surface area contributed by atoms with E-state index in [-0.39, 0.29) is 18.6 Å². The van der Waals surface area contributed by atoms with Gasteiger partial charge in [0.05, 0.1) is 23.3 Å². The minimum atomic E-state index is -0.228. The van der Waals surface area contributed by atoms with Gasteiger partial charge in [-0.15, -0.1) is 0 Å². The first-order valence-electron chi connectivity index (χ1n) is 7.59. The van der Waals surface area contributed by atoms with Gasteiger partial charge in [0.15, 0.2) is 0 Å². The standard InChI is InChI=1S/C18H19N3O2/c1-13-7-9-21-17(11-13)15(12-19-21)18(23)20-16(8-10-22)14-5-3-2-4-6-14/h2-7,9,11-12,16,22H,8,10H2,1H3,(H,20,23). The summed E-state index contributed by atoms with van der Waals surface area (Å²) in [7, 11) is 0. The first-order chi connectivity index (χ1) is 11.2. The monoisotopic (exact) mass is 309 g/mol. The van der Waals surface area contributed by atoms with Crippen LogP contribution >= 0.6 is 0 Å². The van der Waals surface area contributed by atoms with Crippen LogP contribution in [0.4, 0.5) is 0 Å². The predicted octanol–water partition coefficient (Wildman–Crippen LogP) is 2.50. The number of rotatable bonds is 5. The van der Waals surface area contributed by atoms with Crippen LogP contribution in [0, 0.1) is 6.92 Å². The van der Waals surface area contributed by atoms with E-state index in [1.54, 1.807) is 10.7 Å². The van der Waals surface area contributed by atoms with Crippen molar-refractivity contribution in [3.63, 3.8) is 0 Å². The fourth-order valence-corrected chi connectivity index (χ4v) is 2.63. The van der Waals surface area contributed by atoms with Crippen LogP contribution in [0.5, 0.6) is 0 Å². The summed E-state index contributed by atoms with van der Waals surface area (Å²) in [5.41, 5.74) is 3.36. The highest BCUT2D eigenvalue weighted by atomic mass is 16.3. The molecule has 1 unspecified atom stereocenters. The Morgan fingerprint density at radius 1 is 1.30 bits per heavy atom. The Morgan fingerprint density at radius 2 is 2.09 bits per heavy atom. The van der Waals surface area contributed by atoms with Crippen molar-refractivity contribution in [1.29, 1.82) is 0 Å². The molecule has 0 bridgehead atoms. The molecule has 1 aromatic carbocycles. The van der Waals surface area contributed by atoms with Gasteiger partial charge >= 0.3 is 0 Å². The molecule has 0 saturated heterocycles. The van der Waals surface area contributed by atoms with Gasteiger partial charge in [0.25, 0.3) is 5.91 Å². The average molecular weight is 309 g/mol. The van der Waals surface area contributed by atoms with Gasteiger partial charge in [-0.1, -0.05) is 30.3 Å². The summed E-state index contributed by atoms with van der Waals surface area (Å²) in [5, 5.41) is 16.5. The highest BCUT2D eigenvalue weighted by Gasteiger charge is 2.18. The Labute approximate surface area is 134 Å². The second-order valence-electron chi connectivity index (χ2n) is 5.54.